The molecule has 0 aromatic heterocycles. The molecule has 0 bridgehead atoms. The Balaban J connectivity index is 0.989. The first kappa shape index (κ1) is 33.9. The average molecular weight is 732 g/mol. The molecule has 0 aliphatic carbocycles. The Kier molecular flexibility index (Phi) is 8.86. The minimum Gasteiger partial charge on any atom is -0.449 e. The van der Waals surface area contributed by atoms with Crippen molar-refractivity contribution in [2.45, 2.75) is 0 Å². The molecule has 57 heavy (non-hydrogen) atoms. The SMILES string of the molecule is c1ccc(-c2ccc(N(c3ccc(-c4ccccc4)cc3)c3ccc4c(c3)Oc3ccc(-c5cc(-c6ccccc6)cc(-c6ccccc6)c5)cc3O4)cc2)cc1. The molecule has 0 fully saturated rings. The first-order valence-electron chi connectivity index (χ1n) is 19.2. The maximum Gasteiger partial charge on any atom is 0.172 e. The molecule has 0 amide bonds. The third-order valence-electron chi connectivity index (χ3n) is 10.5. The van der Waals surface area contributed by atoms with Crippen molar-refractivity contribution in [3.63, 3.8) is 0 Å². The van der Waals surface area contributed by atoms with Gasteiger partial charge in [0.15, 0.2) is 23.0 Å². The largest absolute Gasteiger partial charge is 0.449 e. The maximum atomic E-state index is 6.62. The van der Waals surface area contributed by atoms with Gasteiger partial charge in [-0.2, -0.15) is 0 Å². The van der Waals surface area contributed by atoms with E-state index in [-0.39, 0.29) is 0 Å². The van der Waals surface area contributed by atoms with E-state index >= 15 is 0 Å². The van der Waals surface area contributed by atoms with Crippen LogP contribution < -0.4 is 14.4 Å². The van der Waals surface area contributed by atoms with Crippen LogP contribution in [0.2, 0.25) is 0 Å². The Morgan fingerprint density at radius 2 is 0.526 bits per heavy atom. The van der Waals surface area contributed by atoms with Crippen molar-refractivity contribution in [1.29, 1.82) is 0 Å². The third-order valence-corrected chi connectivity index (χ3v) is 10.5. The van der Waals surface area contributed by atoms with Crippen molar-refractivity contribution >= 4 is 17.1 Å². The van der Waals surface area contributed by atoms with Gasteiger partial charge < -0.3 is 14.4 Å². The van der Waals surface area contributed by atoms with Gasteiger partial charge in [0.1, 0.15) is 0 Å². The van der Waals surface area contributed by atoms with Gasteiger partial charge in [-0.3, -0.25) is 0 Å². The Hall–Kier alpha value is -7.62. The number of nitrogens with zero attached hydrogens (tertiary/aromatic N) is 1. The molecule has 0 atom stereocenters. The highest BCUT2D eigenvalue weighted by Gasteiger charge is 2.23. The fourth-order valence-electron chi connectivity index (χ4n) is 7.59. The minimum atomic E-state index is 0.664. The molecular formula is C54H37NO2. The number of fused-ring (bicyclic) bond motifs is 2. The molecule has 3 heteroatoms. The lowest BCUT2D eigenvalue weighted by Crippen LogP contribution is -2.10. The van der Waals surface area contributed by atoms with Crippen LogP contribution in [0.1, 0.15) is 0 Å². The van der Waals surface area contributed by atoms with Crippen LogP contribution in [-0.2, 0) is 0 Å². The van der Waals surface area contributed by atoms with E-state index in [9.17, 15) is 0 Å². The molecule has 0 N–H and O–H groups in total. The topological polar surface area (TPSA) is 21.7 Å². The van der Waals surface area contributed by atoms with Gasteiger partial charge in [-0.15, -0.1) is 0 Å². The van der Waals surface area contributed by atoms with Crippen LogP contribution in [0.25, 0.3) is 55.6 Å². The molecule has 0 saturated carbocycles. The van der Waals surface area contributed by atoms with E-state index < -0.39 is 0 Å². The van der Waals surface area contributed by atoms with E-state index in [1.807, 2.05) is 24.3 Å². The molecular weight excluding hydrogens is 695 g/mol. The molecule has 270 valence electrons. The van der Waals surface area contributed by atoms with E-state index in [0.29, 0.717) is 23.0 Å². The normalized spacial score (nSPS) is 11.4. The third kappa shape index (κ3) is 6.95. The van der Waals surface area contributed by atoms with Crippen LogP contribution in [0.15, 0.2) is 224 Å². The van der Waals surface area contributed by atoms with E-state index in [1.54, 1.807) is 0 Å². The van der Waals surface area contributed by atoms with Crippen molar-refractivity contribution in [2.75, 3.05) is 4.90 Å². The molecule has 3 nitrogen and oxygen atoms in total. The van der Waals surface area contributed by atoms with E-state index in [4.69, 9.17) is 9.47 Å². The van der Waals surface area contributed by atoms with Crippen molar-refractivity contribution < 1.29 is 9.47 Å². The molecule has 10 rings (SSSR count). The molecule has 1 heterocycles. The molecule has 0 spiro atoms. The van der Waals surface area contributed by atoms with Gasteiger partial charge >= 0.3 is 0 Å². The Bertz CT molecular complexity index is 2660. The average Bonchev–Trinajstić information content (AvgIpc) is 3.30. The highest BCUT2D eigenvalue weighted by Crippen LogP contribution is 2.49. The van der Waals surface area contributed by atoms with Gasteiger partial charge in [0.05, 0.1) is 5.69 Å². The van der Waals surface area contributed by atoms with Gasteiger partial charge in [0.2, 0.25) is 0 Å². The highest BCUT2D eigenvalue weighted by atomic mass is 16.6. The number of hydrogen-bond acceptors (Lipinski definition) is 3. The Labute approximate surface area is 333 Å². The van der Waals surface area contributed by atoms with Crippen LogP contribution in [-0.4, -0.2) is 0 Å². The Morgan fingerprint density at radius 3 is 0.965 bits per heavy atom. The maximum absolute atomic E-state index is 6.62. The first-order chi connectivity index (χ1) is 28.2. The van der Waals surface area contributed by atoms with Gasteiger partial charge in [0, 0.05) is 17.4 Å². The highest BCUT2D eigenvalue weighted by molar-refractivity contribution is 5.84. The Morgan fingerprint density at radius 1 is 0.211 bits per heavy atom. The number of ether oxygens (including phenoxy) is 2. The smallest absolute Gasteiger partial charge is 0.172 e. The van der Waals surface area contributed by atoms with Crippen LogP contribution in [0.5, 0.6) is 23.0 Å². The molecule has 0 radical (unpaired) electrons. The molecule has 0 saturated heterocycles. The number of benzene rings is 9. The molecule has 1 aliphatic heterocycles. The lowest BCUT2D eigenvalue weighted by atomic mass is 9.93. The zero-order valence-electron chi connectivity index (χ0n) is 31.1. The molecule has 1 aliphatic rings. The lowest BCUT2D eigenvalue weighted by Gasteiger charge is -2.28. The molecule has 9 aromatic carbocycles. The van der Waals surface area contributed by atoms with Crippen molar-refractivity contribution in [3.05, 3.63) is 224 Å². The fraction of sp³-hybridized carbons (Fsp3) is 0. The van der Waals surface area contributed by atoms with E-state index in [1.165, 1.54) is 33.4 Å². The van der Waals surface area contributed by atoms with Crippen LogP contribution in [0.3, 0.4) is 0 Å². The summed E-state index contributed by atoms with van der Waals surface area (Å²) in [6.07, 6.45) is 0. The van der Waals surface area contributed by atoms with Gasteiger partial charge in [0.25, 0.3) is 0 Å². The summed E-state index contributed by atoms with van der Waals surface area (Å²) in [5, 5.41) is 0. The van der Waals surface area contributed by atoms with E-state index in [0.717, 1.165) is 39.3 Å². The predicted octanol–water partition coefficient (Wildman–Crippen LogP) is 15.4. The quantitative estimate of drug-likeness (QED) is 0.155. The van der Waals surface area contributed by atoms with E-state index in [2.05, 4.69) is 205 Å². The number of hydrogen-bond donors (Lipinski definition) is 0. The van der Waals surface area contributed by atoms with Crippen molar-refractivity contribution in [1.82, 2.24) is 0 Å². The summed E-state index contributed by atoms with van der Waals surface area (Å²) in [6.45, 7) is 0. The van der Waals surface area contributed by atoms with Gasteiger partial charge in [-0.1, -0.05) is 152 Å². The molecule has 9 aromatic rings. The predicted molar refractivity (Wildman–Crippen MR) is 235 cm³/mol. The van der Waals surface area contributed by atoms with Crippen LogP contribution in [0, 0.1) is 0 Å². The van der Waals surface area contributed by atoms with Crippen LogP contribution in [0.4, 0.5) is 17.1 Å². The summed E-state index contributed by atoms with van der Waals surface area (Å²) < 4.78 is 13.2. The number of rotatable bonds is 8. The summed E-state index contributed by atoms with van der Waals surface area (Å²) in [6, 6.07) is 78.6. The summed E-state index contributed by atoms with van der Waals surface area (Å²) in [5.41, 5.74) is 14.6. The first-order valence-corrected chi connectivity index (χ1v) is 19.2. The van der Waals surface area contributed by atoms with Crippen LogP contribution >= 0.6 is 0 Å². The second-order valence-electron chi connectivity index (χ2n) is 14.2. The summed E-state index contributed by atoms with van der Waals surface area (Å²) in [4.78, 5) is 2.26. The fourth-order valence-corrected chi connectivity index (χ4v) is 7.59. The second kappa shape index (κ2) is 14.9. The summed E-state index contributed by atoms with van der Waals surface area (Å²) >= 11 is 0. The zero-order valence-corrected chi connectivity index (χ0v) is 31.1. The number of anilines is 3. The summed E-state index contributed by atoms with van der Waals surface area (Å²) in [7, 11) is 0. The summed E-state index contributed by atoms with van der Waals surface area (Å²) in [5.74, 6) is 2.70. The van der Waals surface area contributed by atoms with Crippen molar-refractivity contribution in [2.24, 2.45) is 0 Å². The standard InChI is InChI=1S/C54H37NO2/c1-5-13-38(14-6-1)42-21-26-48(27-22-42)55(49-28-23-43(24-29-49)39-15-7-2-8-16-39)50-30-32-52-54(37-50)57-51-31-25-44(36-53(51)56-52)47-34-45(40-17-9-3-10-18-40)33-46(35-47)41-19-11-4-12-20-41/h1-37H. The molecule has 0 unspecified atom stereocenters. The lowest BCUT2D eigenvalue weighted by molar-refractivity contribution is 0.360. The minimum absolute atomic E-state index is 0.664. The zero-order chi connectivity index (χ0) is 38.0. The monoisotopic (exact) mass is 731 g/mol. The second-order valence-corrected chi connectivity index (χ2v) is 14.2. The van der Waals surface area contributed by atoms with Gasteiger partial charge in [-0.05, 0) is 122 Å². The van der Waals surface area contributed by atoms with Crippen molar-refractivity contribution in [3.8, 4) is 78.6 Å². The van der Waals surface area contributed by atoms with Gasteiger partial charge in [-0.25, -0.2) is 0 Å².